The molecule has 0 bridgehead atoms. The van der Waals surface area contributed by atoms with Crippen LogP contribution in [0.15, 0.2) is 0 Å². The lowest BCUT2D eigenvalue weighted by Crippen LogP contribution is -2.24. The van der Waals surface area contributed by atoms with Gasteiger partial charge in [0.1, 0.15) is 6.42 Å². The van der Waals surface area contributed by atoms with Crippen LogP contribution in [0, 0.1) is 11.8 Å². The molecule has 6 heteroatoms. The molecule has 2 aliphatic carbocycles. The molecule has 3 aliphatic rings. The fourth-order valence-electron chi connectivity index (χ4n) is 3.59. The number of hydrogen-bond donors (Lipinski definition) is 1. The summed E-state index contributed by atoms with van der Waals surface area (Å²) in [5, 5.41) is 9.43. The lowest BCUT2D eigenvalue weighted by molar-refractivity contribution is -0.156. The molecule has 3 atom stereocenters. The first-order valence-electron chi connectivity index (χ1n) is 8.75. The van der Waals surface area contributed by atoms with Gasteiger partial charge in [-0.3, -0.25) is 9.59 Å². The highest BCUT2D eigenvalue weighted by atomic mass is 16.6. The highest BCUT2D eigenvalue weighted by Crippen LogP contribution is 2.39. The van der Waals surface area contributed by atoms with E-state index in [9.17, 15) is 14.7 Å². The predicted molar refractivity (Wildman–Crippen MR) is 80.5 cm³/mol. The molecule has 2 saturated carbocycles. The van der Waals surface area contributed by atoms with E-state index >= 15 is 0 Å². The van der Waals surface area contributed by atoms with Crippen molar-refractivity contribution < 1.29 is 28.9 Å². The quantitative estimate of drug-likeness (QED) is 0.453. The minimum Gasteiger partial charge on any atom is -0.465 e. The van der Waals surface area contributed by atoms with E-state index in [4.69, 9.17) is 14.2 Å². The molecule has 0 spiro atoms. The third kappa shape index (κ3) is 5.18. The number of aliphatic hydroxyl groups excluding tert-OH is 1. The van der Waals surface area contributed by atoms with Crippen LogP contribution in [0.1, 0.15) is 51.4 Å². The number of hydrogen-bond acceptors (Lipinski definition) is 6. The van der Waals surface area contributed by atoms with Crippen LogP contribution in [0.2, 0.25) is 0 Å². The lowest BCUT2D eigenvalue weighted by atomic mass is 9.88. The number of esters is 2. The van der Waals surface area contributed by atoms with Crippen LogP contribution in [-0.2, 0) is 23.8 Å². The van der Waals surface area contributed by atoms with Gasteiger partial charge in [-0.2, -0.15) is 0 Å². The van der Waals surface area contributed by atoms with Gasteiger partial charge in [-0.1, -0.05) is 0 Å². The van der Waals surface area contributed by atoms with Gasteiger partial charge in [0.05, 0.1) is 31.5 Å². The summed E-state index contributed by atoms with van der Waals surface area (Å²) in [6, 6.07) is 0. The summed E-state index contributed by atoms with van der Waals surface area (Å²) in [5.41, 5.74) is 0. The second kappa shape index (κ2) is 7.62. The van der Waals surface area contributed by atoms with Crippen molar-refractivity contribution in [2.45, 2.75) is 69.7 Å². The Morgan fingerprint density at radius 3 is 2.13 bits per heavy atom. The number of carbonyl (C=O) groups is 2. The molecule has 0 aromatic rings. The van der Waals surface area contributed by atoms with Gasteiger partial charge < -0.3 is 19.3 Å². The fourth-order valence-corrected chi connectivity index (χ4v) is 3.59. The van der Waals surface area contributed by atoms with Crippen molar-refractivity contribution in [2.24, 2.45) is 11.8 Å². The minimum absolute atomic E-state index is 0.215. The largest absolute Gasteiger partial charge is 0.465 e. The first-order chi connectivity index (χ1) is 11.1. The summed E-state index contributed by atoms with van der Waals surface area (Å²) in [4.78, 5) is 23.4. The Bertz CT molecular complexity index is 429. The van der Waals surface area contributed by atoms with Crippen molar-refractivity contribution in [1.82, 2.24) is 0 Å². The third-order valence-corrected chi connectivity index (χ3v) is 5.18. The first-order valence-corrected chi connectivity index (χ1v) is 8.75. The smallest absolute Gasteiger partial charge is 0.317 e. The van der Waals surface area contributed by atoms with Gasteiger partial charge in [-0.25, -0.2) is 0 Å². The van der Waals surface area contributed by atoms with E-state index in [0.29, 0.717) is 37.3 Å². The normalized spacial score (nSPS) is 36.0. The second-order valence-corrected chi connectivity index (χ2v) is 7.11. The highest BCUT2D eigenvalue weighted by Gasteiger charge is 2.44. The van der Waals surface area contributed by atoms with E-state index in [2.05, 4.69) is 0 Å². The Kier molecular flexibility index (Phi) is 5.54. The monoisotopic (exact) mass is 326 g/mol. The molecular formula is C17H26O6. The SMILES string of the molecule is O=C(CC(=O)OCC1CCC2OC2C1)OCC1CCC(O)CC1. The molecule has 1 aliphatic heterocycles. The van der Waals surface area contributed by atoms with E-state index in [-0.39, 0.29) is 12.5 Å². The molecule has 0 aromatic carbocycles. The second-order valence-electron chi connectivity index (χ2n) is 7.11. The Morgan fingerprint density at radius 2 is 1.48 bits per heavy atom. The number of rotatable bonds is 6. The van der Waals surface area contributed by atoms with E-state index in [0.717, 1.165) is 44.9 Å². The summed E-state index contributed by atoms with van der Waals surface area (Å²) in [6.45, 7) is 0.709. The van der Waals surface area contributed by atoms with Gasteiger partial charge in [0.2, 0.25) is 0 Å². The number of fused-ring (bicyclic) bond motifs is 1. The zero-order chi connectivity index (χ0) is 16.2. The Morgan fingerprint density at radius 1 is 0.870 bits per heavy atom. The molecule has 0 radical (unpaired) electrons. The van der Waals surface area contributed by atoms with Crippen LogP contribution in [0.25, 0.3) is 0 Å². The molecule has 0 aromatic heterocycles. The van der Waals surface area contributed by atoms with Crippen molar-refractivity contribution in [2.75, 3.05) is 13.2 Å². The predicted octanol–water partition coefficient (Wildman–Crippen LogP) is 1.58. The Hall–Kier alpha value is -1.14. The van der Waals surface area contributed by atoms with E-state index in [1.54, 1.807) is 0 Å². The average Bonchev–Trinajstić information content (AvgIpc) is 3.31. The summed E-state index contributed by atoms with van der Waals surface area (Å²) >= 11 is 0. The molecule has 3 unspecified atom stereocenters. The van der Waals surface area contributed by atoms with Gasteiger partial charge in [0.15, 0.2) is 0 Å². The number of carbonyl (C=O) groups excluding carboxylic acids is 2. The van der Waals surface area contributed by atoms with E-state index in [1.807, 2.05) is 0 Å². The summed E-state index contributed by atoms with van der Waals surface area (Å²) in [5.74, 6) is -0.372. The average molecular weight is 326 g/mol. The minimum atomic E-state index is -0.518. The first kappa shape index (κ1) is 16.7. The maximum atomic E-state index is 11.7. The van der Waals surface area contributed by atoms with Gasteiger partial charge in [0, 0.05) is 0 Å². The molecule has 130 valence electrons. The van der Waals surface area contributed by atoms with Gasteiger partial charge in [-0.05, 0) is 56.8 Å². The molecule has 0 amide bonds. The fraction of sp³-hybridized carbons (Fsp3) is 0.882. The summed E-state index contributed by atoms with van der Waals surface area (Å²) in [6.07, 6.45) is 6.56. The topological polar surface area (TPSA) is 85.4 Å². The molecule has 1 saturated heterocycles. The number of ether oxygens (including phenoxy) is 3. The molecule has 23 heavy (non-hydrogen) atoms. The molecule has 6 nitrogen and oxygen atoms in total. The Labute approximate surface area is 136 Å². The van der Waals surface area contributed by atoms with Crippen molar-refractivity contribution >= 4 is 11.9 Å². The van der Waals surface area contributed by atoms with Crippen LogP contribution in [-0.4, -0.2) is 48.6 Å². The van der Waals surface area contributed by atoms with Crippen LogP contribution >= 0.6 is 0 Å². The Balaban J connectivity index is 1.26. The van der Waals surface area contributed by atoms with Crippen LogP contribution in [0.4, 0.5) is 0 Å². The standard InChI is InChI=1S/C17H26O6/c18-13-4-1-11(2-5-13)9-21-16(19)8-17(20)22-10-12-3-6-14-15(7-12)23-14/h11-15,18H,1-10H2. The van der Waals surface area contributed by atoms with Crippen molar-refractivity contribution in [3.63, 3.8) is 0 Å². The van der Waals surface area contributed by atoms with Crippen molar-refractivity contribution in [3.8, 4) is 0 Å². The highest BCUT2D eigenvalue weighted by molar-refractivity contribution is 5.91. The molecule has 3 fully saturated rings. The van der Waals surface area contributed by atoms with Gasteiger partial charge >= 0.3 is 11.9 Å². The molecular weight excluding hydrogens is 300 g/mol. The maximum Gasteiger partial charge on any atom is 0.317 e. The molecule has 1 N–H and O–H groups in total. The van der Waals surface area contributed by atoms with Crippen LogP contribution < -0.4 is 0 Å². The summed E-state index contributed by atoms with van der Waals surface area (Å²) < 4.78 is 15.8. The van der Waals surface area contributed by atoms with Crippen LogP contribution in [0.3, 0.4) is 0 Å². The van der Waals surface area contributed by atoms with E-state index in [1.165, 1.54) is 0 Å². The lowest BCUT2D eigenvalue weighted by Gasteiger charge is -2.24. The van der Waals surface area contributed by atoms with Gasteiger partial charge in [0.25, 0.3) is 0 Å². The zero-order valence-electron chi connectivity index (χ0n) is 13.4. The zero-order valence-corrected chi connectivity index (χ0v) is 13.4. The van der Waals surface area contributed by atoms with Crippen molar-refractivity contribution in [1.29, 1.82) is 0 Å². The number of epoxide rings is 1. The third-order valence-electron chi connectivity index (χ3n) is 5.18. The van der Waals surface area contributed by atoms with Crippen molar-refractivity contribution in [3.05, 3.63) is 0 Å². The number of aliphatic hydroxyl groups is 1. The maximum absolute atomic E-state index is 11.7. The molecule has 3 rings (SSSR count). The summed E-state index contributed by atoms with van der Waals surface area (Å²) in [7, 11) is 0. The van der Waals surface area contributed by atoms with Gasteiger partial charge in [-0.15, -0.1) is 0 Å². The van der Waals surface area contributed by atoms with Crippen LogP contribution in [0.5, 0.6) is 0 Å². The van der Waals surface area contributed by atoms with E-state index < -0.39 is 11.9 Å². The molecule has 1 heterocycles.